The second-order valence-corrected chi connectivity index (χ2v) is 7.35. The summed E-state index contributed by atoms with van der Waals surface area (Å²) in [6, 6.07) is 2.01. The van der Waals surface area contributed by atoms with Gasteiger partial charge in [0.1, 0.15) is 11.3 Å². The van der Waals surface area contributed by atoms with E-state index in [1.165, 1.54) is 13.0 Å². The molecule has 1 fully saturated rings. The van der Waals surface area contributed by atoms with Crippen molar-refractivity contribution in [2.45, 2.75) is 67.3 Å². The molecule has 1 aliphatic heterocycles. The molecule has 1 aromatic heterocycles. The number of aryl methyl sites for hydroxylation is 1. The number of morpholine rings is 1. The van der Waals surface area contributed by atoms with Gasteiger partial charge in [0.15, 0.2) is 0 Å². The van der Waals surface area contributed by atoms with E-state index in [1.807, 2.05) is 46.2 Å². The van der Waals surface area contributed by atoms with E-state index in [1.54, 1.807) is 20.2 Å². The van der Waals surface area contributed by atoms with Crippen molar-refractivity contribution in [2.75, 3.05) is 46.9 Å². The van der Waals surface area contributed by atoms with E-state index >= 15 is 0 Å². The molecule has 2 heterocycles. The number of hydrogen-bond donors (Lipinski definition) is 0. The van der Waals surface area contributed by atoms with Crippen LogP contribution in [0.25, 0.3) is 10.9 Å². The zero-order chi connectivity index (χ0) is 24.4. The van der Waals surface area contributed by atoms with E-state index < -0.39 is 0 Å². The first kappa shape index (κ1) is 34.9. The first-order valence-corrected chi connectivity index (χ1v) is 12.1. The van der Waals surface area contributed by atoms with Gasteiger partial charge in [-0.1, -0.05) is 39.3 Å². The number of ether oxygens (including phenoxy) is 1. The van der Waals surface area contributed by atoms with E-state index in [4.69, 9.17) is 4.74 Å². The minimum Gasteiger partial charge on any atom is -0.693 e. The molecule has 184 valence electrons. The Bertz CT molecular complexity index is 750. The number of hydrogen-bond acceptors (Lipinski definition) is 3. The molecule has 2 rings (SSSR count). The van der Waals surface area contributed by atoms with Gasteiger partial charge in [0, 0.05) is 44.9 Å². The van der Waals surface area contributed by atoms with Crippen LogP contribution in [0.2, 0.25) is 0 Å². The van der Waals surface area contributed by atoms with Gasteiger partial charge in [-0.15, -0.1) is 7.05 Å². The van der Waals surface area contributed by atoms with Gasteiger partial charge in [0.25, 0.3) is 0 Å². The van der Waals surface area contributed by atoms with Crippen LogP contribution in [0.4, 0.5) is 4.39 Å². The van der Waals surface area contributed by atoms with Crippen molar-refractivity contribution in [2.24, 2.45) is 4.99 Å². The fourth-order valence-corrected chi connectivity index (χ4v) is 3.45. The molecule has 0 amide bonds. The zero-order valence-electron chi connectivity index (χ0n) is 22.7. The molecule has 0 atom stereocenters. The first-order valence-electron chi connectivity index (χ1n) is 12.1. The number of allylic oxidation sites excluding steroid dienone is 3. The predicted molar refractivity (Wildman–Crippen MR) is 137 cm³/mol. The third-order valence-electron chi connectivity index (χ3n) is 4.94. The predicted octanol–water partition coefficient (Wildman–Crippen LogP) is 2.97. The van der Waals surface area contributed by atoms with Gasteiger partial charge in [0.2, 0.25) is 0 Å². The van der Waals surface area contributed by atoms with Gasteiger partial charge in [-0.25, -0.2) is 4.39 Å². The molecule has 7 heteroatoms. The van der Waals surface area contributed by atoms with Crippen LogP contribution < -0.4 is 56.9 Å². The average molecular weight is 489 g/mol. The second-order valence-electron chi connectivity index (χ2n) is 7.35. The minimum absolute atomic E-state index is 0. The molecule has 0 radical (unpaired) electrons. The molecule has 1 aliphatic rings. The molecule has 0 N–H and O–H groups in total. The normalized spacial score (nSPS) is 15.0. The Hall–Kier alpha value is -0.284. The summed E-state index contributed by atoms with van der Waals surface area (Å²) in [5, 5.41) is 4.05. The second kappa shape index (κ2) is 22.2. The van der Waals surface area contributed by atoms with E-state index in [0.717, 1.165) is 55.0 Å². The fraction of sp³-hybridized carbons (Fsp3) is 0.654. The third kappa shape index (κ3) is 14.0. The first-order chi connectivity index (χ1) is 15.5. The SMILES string of the molecule is CC.CC/C=C(/F)Cc1cc(/C(C)=C/[N-]C)cn(CC)c1=NC.CCCN1CCOCC1.[K+]. The summed E-state index contributed by atoms with van der Waals surface area (Å²) in [6.07, 6.45) is 7.73. The number of pyridine rings is 1. The van der Waals surface area contributed by atoms with Crippen LogP contribution in [-0.4, -0.2) is 56.4 Å². The van der Waals surface area contributed by atoms with Crippen molar-refractivity contribution in [3.63, 3.8) is 0 Å². The van der Waals surface area contributed by atoms with Gasteiger partial charge in [-0.2, -0.15) is 6.20 Å². The molecule has 1 aromatic rings. The van der Waals surface area contributed by atoms with Crippen LogP contribution in [0.15, 0.2) is 35.4 Å². The average Bonchev–Trinajstić information content (AvgIpc) is 2.81. The van der Waals surface area contributed by atoms with E-state index in [-0.39, 0.29) is 63.6 Å². The number of halogens is 1. The van der Waals surface area contributed by atoms with Gasteiger partial charge in [-0.05, 0) is 44.9 Å². The van der Waals surface area contributed by atoms with Gasteiger partial charge >= 0.3 is 51.4 Å². The van der Waals surface area contributed by atoms with Crippen molar-refractivity contribution >= 4 is 5.57 Å². The van der Waals surface area contributed by atoms with Gasteiger partial charge in [0.05, 0.1) is 13.2 Å². The van der Waals surface area contributed by atoms with Gasteiger partial charge in [-0.3, -0.25) is 9.89 Å². The molecular weight excluding hydrogens is 442 g/mol. The summed E-state index contributed by atoms with van der Waals surface area (Å²) in [7, 11) is 3.49. The van der Waals surface area contributed by atoms with Crippen molar-refractivity contribution in [1.29, 1.82) is 0 Å². The van der Waals surface area contributed by atoms with Crippen LogP contribution in [-0.2, 0) is 17.7 Å². The van der Waals surface area contributed by atoms with Crippen molar-refractivity contribution in [3.05, 3.63) is 52.3 Å². The summed E-state index contributed by atoms with van der Waals surface area (Å²) in [4.78, 5) is 6.78. The molecule has 0 aromatic carbocycles. The number of rotatable bonds is 8. The molecule has 1 saturated heterocycles. The van der Waals surface area contributed by atoms with Crippen LogP contribution in [0, 0.1) is 0 Å². The molecule has 0 aliphatic carbocycles. The summed E-state index contributed by atoms with van der Waals surface area (Å²) < 4.78 is 21.2. The molecular formula is C26H46FKN4O. The Kier molecular flexibility index (Phi) is 23.5. The topological polar surface area (TPSA) is 43.9 Å². The summed E-state index contributed by atoms with van der Waals surface area (Å²) in [6.45, 7) is 18.4. The Morgan fingerprint density at radius 2 is 1.85 bits per heavy atom. The maximum atomic E-state index is 13.9. The summed E-state index contributed by atoms with van der Waals surface area (Å²) >= 11 is 0. The van der Waals surface area contributed by atoms with Crippen LogP contribution in [0.5, 0.6) is 0 Å². The molecule has 33 heavy (non-hydrogen) atoms. The largest absolute Gasteiger partial charge is 1.00 e. The minimum atomic E-state index is -0.107. The standard InChI is InChI=1S/C17H25FN3.C7H15NO.C2H6.K/c1-6-8-16(18)10-14-9-15(13(3)11-19-4)12-21(7-2)17(14)20-5;1-2-3-8-4-6-9-7-5-8;1-2;/h8-9,11-12H,6-7,10H2,1-5H3;2-7H2,1H3;1-2H3;/q-1;;;+1/b13-11+,16-8+,20-17?;;;. The van der Waals surface area contributed by atoms with E-state index in [0.29, 0.717) is 6.42 Å². The zero-order valence-corrected chi connectivity index (χ0v) is 25.9. The molecule has 5 nitrogen and oxygen atoms in total. The molecule has 0 saturated carbocycles. The summed E-state index contributed by atoms with van der Waals surface area (Å²) in [5.41, 5.74) is 3.85. The maximum Gasteiger partial charge on any atom is 1.00 e. The number of nitrogens with zero attached hydrogens (tertiary/aromatic N) is 4. The monoisotopic (exact) mass is 488 g/mol. The third-order valence-corrected chi connectivity index (χ3v) is 4.94. The van der Waals surface area contributed by atoms with Crippen molar-refractivity contribution in [3.8, 4) is 0 Å². The quantitative estimate of drug-likeness (QED) is 0.528. The Labute approximate surface area is 245 Å². The summed E-state index contributed by atoms with van der Waals surface area (Å²) in [5.74, 6) is -0.107. The molecule has 0 unspecified atom stereocenters. The van der Waals surface area contributed by atoms with Crippen molar-refractivity contribution in [1.82, 2.24) is 9.47 Å². The Morgan fingerprint density at radius 1 is 1.21 bits per heavy atom. The van der Waals surface area contributed by atoms with Crippen LogP contribution >= 0.6 is 0 Å². The van der Waals surface area contributed by atoms with Crippen LogP contribution in [0.3, 0.4) is 0 Å². The van der Waals surface area contributed by atoms with Crippen LogP contribution in [0.1, 0.15) is 65.5 Å². The smallest absolute Gasteiger partial charge is 0.693 e. The van der Waals surface area contributed by atoms with Crippen molar-refractivity contribution < 1.29 is 60.5 Å². The molecule has 0 spiro atoms. The van der Waals surface area contributed by atoms with E-state index in [2.05, 4.69) is 33.6 Å². The Morgan fingerprint density at radius 3 is 2.33 bits per heavy atom. The Balaban J connectivity index is 0. The van der Waals surface area contributed by atoms with E-state index in [9.17, 15) is 4.39 Å². The molecule has 0 bridgehead atoms. The maximum absolute atomic E-state index is 13.9. The fourth-order valence-electron chi connectivity index (χ4n) is 3.45. The number of aromatic nitrogens is 1. The van der Waals surface area contributed by atoms with Gasteiger partial charge < -0.3 is 14.6 Å².